The van der Waals surface area contributed by atoms with Gasteiger partial charge in [0.1, 0.15) is 5.75 Å². The van der Waals surface area contributed by atoms with Crippen molar-refractivity contribution in [3.8, 4) is 5.75 Å². The Morgan fingerprint density at radius 2 is 1.87 bits per heavy atom. The molecule has 6 nitrogen and oxygen atoms in total. The van der Waals surface area contributed by atoms with Crippen LogP contribution in [0.15, 0.2) is 53.6 Å². The van der Waals surface area contributed by atoms with E-state index in [1.165, 1.54) is 6.21 Å². The number of nitrogens with two attached hydrogens (primary N) is 1. The van der Waals surface area contributed by atoms with Crippen LogP contribution in [0.3, 0.4) is 0 Å². The number of nitrogens with one attached hydrogen (secondary N) is 1. The molecule has 0 heterocycles. The molecule has 7 heteroatoms. The molecule has 0 bridgehead atoms. The number of benzene rings is 2. The number of hydrogen-bond donors (Lipinski definition) is 2. The largest absolute Gasteiger partial charge is 0.484 e. The molecule has 0 aliphatic rings. The van der Waals surface area contributed by atoms with E-state index in [1.54, 1.807) is 48.5 Å². The van der Waals surface area contributed by atoms with Crippen LogP contribution in [0, 0.1) is 0 Å². The number of amides is 2. The number of rotatable bonds is 6. The predicted molar refractivity (Wildman–Crippen MR) is 87.6 cm³/mol. The fraction of sp³-hybridized carbons (Fsp3) is 0.0625. The molecule has 0 aromatic heterocycles. The summed E-state index contributed by atoms with van der Waals surface area (Å²) in [6.45, 7) is -0.179. The maximum Gasteiger partial charge on any atom is 0.272 e. The quantitative estimate of drug-likeness (QED) is 0.626. The first kappa shape index (κ1) is 16.5. The number of halogens is 1. The van der Waals surface area contributed by atoms with Crippen LogP contribution in [-0.4, -0.2) is 24.6 Å². The number of primary amides is 1. The highest BCUT2D eigenvalue weighted by Crippen LogP contribution is 2.14. The SMILES string of the molecule is NC(=O)COc1ccc(/C=N\NC(=O)c2ccccc2Cl)cc1. The Labute approximate surface area is 137 Å². The number of hydrazone groups is 1. The van der Waals surface area contributed by atoms with Gasteiger partial charge in [-0.2, -0.15) is 5.10 Å². The van der Waals surface area contributed by atoms with E-state index in [0.717, 1.165) is 5.56 Å². The molecule has 0 fully saturated rings. The van der Waals surface area contributed by atoms with Crippen molar-refractivity contribution in [3.05, 3.63) is 64.7 Å². The average Bonchev–Trinajstić information content (AvgIpc) is 2.54. The lowest BCUT2D eigenvalue weighted by molar-refractivity contribution is -0.119. The summed E-state index contributed by atoms with van der Waals surface area (Å²) < 4.78 is 5.13. The second-order valence-corrected chi connectivity index (χ2v) is 4.91. The third-order valence-corrected chi connectivity index (χ3v) is 3.09. The molecule has 2 aromatic rings. The van der Waals surface area contributed by atoms with Crippen LogP contribution < -0.4 is 15.9 Å². The van der Waals surface area contributed by atoms with Crippen LogP contribution in [0.25, 0.3) is 0 Å². The Kier molecular flexibility index (Phi) is 5.71. The maximum atomic E-state index is 11.9. The van der Waals surface area contributed by atoms with Crippen molar-refractivity contribution in [1.82, 2.24) is 5.43 Å². The summed E-state index contributed by atoms with van der Waals surface area (Å²) in [6, 6.07) is 13.5. The lowest BCUT2D eigenvalue weighted by Crippen LogP contribution is -2.20. The summed E-state index contributed by atoms with van der Waals surface area (Å²) in [6.07, 6.45) is 1.48. The number of ether oxygens (including phenoxy) is 1. The van der Waals surface area contributed by atoms with Gasteiger partial charge in [-0.25, -0.2) is 5.43 Å². The zero-order valence-corrected chi connectivity index (χ0v) is 12.8. The van der Waals surface area contributed by atoms with Crippen molar-refractivity contribution >= 4 is 29.6 Å². The van der Waals surface area contributed by atoms with Gasteiger partial charge in [-0.1, -0.05) is 23.7 Å². The van der Waals surface area contributed by atoms with Crippen LogP contribution in [0.2, 0.25) is 5.02 Å². The van der Waals surface area contributed by atoms with E-state index in [4.69, 9.17) is 22.1 Å². The Balaban J connectivity index is 1.92. The summed E-state index contributed by atoms with van der Waals surface area (Å²) in [5, 5.41) is 4.22. The summed E-state index contributed by atoms with van der Waals surface area (Å²) in [4.78, 5) is 22.5. The molecule has 0 atom stereocenters. The van der Waals surface area contributed by atoms with Gasteiger partial charge in [0.25, 0.3) is 11.8 Å². The predicted octanol–water partition coefficient (Wildman–Crippen LogP) is 1.97. The molecule has 2 aromatic carbocycles. The van der Waals surface area contributed by atoms with Crippen molar-refractivity contribution in [2.45, 2.75) is 0 Å². The van der Waals surface area contributed by atoms with E-state index in [1.807, 2.05) is 0 Å². The van der Waals surface area contributed by atoms with Gasteiger partial charge in [-0.3, -0.25) is 9.59 Å². The minimum absolute atomic E-state index is 0.179. The molecular weight excluding hydrogens is 318 g/mol. The minimum atomic E-state index is -0.544. The smallest absolute Gasteiger partial charge is 0.272 e. The van der Waals surface area contributed by atoms with Gasteiger partial charge in [0.15, 0.2) is 6.61 Å². The fourth-order valence-electron chi connectivity index (χ4n) is 1.68. The highest BCUT2D eigenvalue weighted by Gasteiger charge is 2.07. The van der Waals surface area contributed by atoms with E-state index in [2.05, 4.69) is 10.5 Å². The van der Waals surface area contributed by atoms with Crippen molar-refractivity contribution in [2.75, 3.05) is 6.61 Å². The highest BCUT2D eigenvalue weighted by molar-refractivity contribution is 6.33. The lowest BCUT2D eigenvalue weighted by atomic mass is 10.2. The van der Waals surface area contributed by atoms with E-state index in [0.29, 0.717) is 16.3 Å². The molecule has 0 aliphatic heterocycles. The summed E-state index contributed by atoms with van der Waals surface area (Å²) in [5.74, 6) is -0.424. The van der Waals surface area contributed by atoms with E-state index in [-0.39, 0.29) is 6.61 Å². The number of hydrogen-bond acceptors (Lipinski definition) is 4. The summed E-state index contributed by atoms with van der Waals surface area (Å²) in [5.41, 5.74) is 8.48. The van der Waals surface area contributed by atoms with Gasteiger partial charge in [-0.15, -0.1) is 0 Å². The maximum absolute atomic E-state index is 11.9. The zero-order chi connectivity index (χ0) is 16.7. The molecule has 118 valence electrons. The second-order valence-electron chi connectivity index (χ2n) is 4.50. The molecule has 0 radical (unpaired) electrons. The summed E-state index contributed by atoms with van der Waals surface area (Å²) in [7, 11) is 0. The van der Waals surface area contributed by atoms with E-state index in [9.17, 15) is 9.59 Å². The monoisotopic (exact) mass is 331 g/mol. The first-order chi connectivity index (χ1) is 11.1. The van der Waals surface area contributed by atoms with E-state index < -0.39 is 11.8 Å². The van der Waals surface area contributed by atoms with Crippen molar-refractivity contribution in [3.63, 3.8) is 0 Å². The van der Waals surface area contributed by atoms with Gasteiger partial charge in [0.2, 0.25) is 0 Å². The van der Waals surface area contributed by atoms with Gasteiger partial charge in [-0.05, 0) is 42.0 Å². The van der Waals surface area contributed by atoms with Crippen molar-refractivity contribution < 1.29 is 14.3 Å². The number of nitrogens with zero attached hydrogens (tertiary/aromatic N) is 1. The normalized spacial score (nSPS) is 10.5. The Morgan fingerprint density at radius 1 is 1.17 bits per heavy atom. The number of carbonyl (C=O) groups excluding carboxylic acids is 2. The van der Waals surface area contributed by atoms with Crippen LogP contribution in [0.5, 0.6) is 5.75 Å². The Morgan fingerprint density at radius 3 is 2.52 bits per heavy atom. The topological polar surface area (TPSA) is 93.8 Å². The van der Waals surface area contributed by atoms with Gasteiger partial charge in [0.05, 0.1) is 16.8 Å². The molecule has 0 unspecified atom stereocenters. The van der Waals surface area contributed by atoms with Crippen molar-refractivity contribution in [1.29, 1.82) is 0 Å². The number of carbonyl (C=O) groups is 2. The first-order valence-electron chi connectivity index (χ1n) is 6.65. The molecule has 0 saturated heterocycles. The van der Waals surface area contributed by atoms with Crippen LogP contribution in [0.4, 0.5) is 0 Å². The summed E-state index contributed by atoms with van der Waals surface area (Å²) >= 11 is 5.92. The average molecular weight is 332 g/mol. The molecule has 0 aliphatic carbocycles. The molecule has 0 saturated carbocycles. The van der Waals surface area contributed by atoms with E-state index >= 15 is 0 Å². The molecule has 2 rings (SSSR count). The molecule has 2 amide bonds. The third kappa shape index (κ3) is 5.12. The highest BCUT2D eigenvalue weighted by atomic mass is 35.5. The van der Waals surface area contributed by atoms with Crippen LogP contribution >= 0.6 is 11.6 Å². The second kappa shape index (κ2) is 7.95. The molecule has 23 heavy (non-hydrogen) atoms. The standard InChI is InChI=1S/C16H14ClN3O3/c17-14-4-2-1-3-13(14)16(22)20-19-9-11-5-7-12(8-6-11)23-10-15(18)21/h1-9H,10H2,(H2,18,21)(H,20,22)/b19-9-. The Bertz CT molecular complexity index is 730. The van der Waals surface area contributed by atoms with Crippen molar-refractivity contribution in [2.24, 2.45) is 10.8 Å². The van der Waals surface area contributed by atoms with Gasteiger partial charge < -0.3 is 10.5 Å². The lowest BCUT2D eigenvalue weighted by Gasteiger charge is -2.03. The third-order valence-electron chi connectivity index (χ3n) is 2.76. The fourth-order valence-corrected chi connectivity index (χ4v) is 1.90. The van der Waals surface area contributed by atoms with Crippen LogP contribution in [0.1, 0.15) is 15.9 Å². The zero-order valence-electron chi connectivity index (χ0n) is 12.0. The van der Waals surface area contributed by atoms with Crippen LogP contribution in [-0.2, 0) is 4.79 Å². The molecule has 0 spiro atoms. The van der Waals surface area contributed by atoms with Gasteiger partial charge in [0, 0.05) is 0 Å². The Hall–Kier alpha value is -2.86. The molecule has 3 N–H and O–H groups in total. The first-order valence-corrected chi connectivity index (χ1v) is 7.03. The molecular formula is C16H14ClN3O3. The van der Waals surface area contributed by atoms with Gasteiger partial charge >= 0.3 is 0 Å². The minimum Gasteiger partial charge on any atom is -0.484 e.